The zero-order valence-corrected chi connectivity index (χ0v) is 13.7. The molecule has 4 N–H and O–H groups in total. The maximum absolute atomic E-state index is 11.5. The second-order valence-electron chi connectivity index (χ2n) is 5.52. The summed E-state index contributed by atoms with van der Waals surface area (Å²) >= 11 is 0. The number of hydrogen-bond donors (Lipinski definition) is 3. The molecule has 2 aromatic carbocycles. The van der Waals surface area contributed by atoms with Gasteiger partial charge in [0.05, 0.1) is 0 Å². The molecule has 0 bridgehead atoms. The van der Waals surface area contributed by atoms with Crippen molar-refractivity contribution in [1.29, 1.82) is 5.41 Å². The highest BCUT2D eigenvalue weighted by Gasteiger charge is 2.07. The zero-order valence-electron chi connectivity index (χ0n) is 13.7. The molecule has 25 heavy (non-hydrogen) atoms. The third-order valence-electron chi connectivity index (χ3n) is 3.70. The first-order chi connectivity index (χ1) is 12.1. The lowest BCUT2D eigenvalue weighted by Gasteiger charge is -2.09. The fraction of sp³-hybridized carbons (Fsp3) is 0.0526. The number of aromatic nitrogens is 2. The number of nitrogens with two attached hydrogens (primary N) is 1. The van der Waals surface area contributed by atoms with Gasteiger partial charge in [-0.2, -0.15) is 0 Å². The van der Waals surface area contributed by atoms with Crippen LogP contribution in [0.4, 0.5) is 17.2 Å². The van der Waals surface area contributed by atoms with Gasteiger partial charge in [-0.05, 0) is 37.3 Å². The topological polar surface area (TPSA) is 105 Å². The van der Waals surface area contributed by atoms with Gasteiger partial charge in [-0.25, -0.2) is 9.97 Å². The van der Waals surface area contributed by atoms with E-state index in [9.17, 15) is 4.79 Å². The van der Waals surface area contributed by atoms with Crippen molar-refractivity contribution in [2.75, 3.05) is 11.1 Å². The molecule has 0 unspecified atom stereocenters. The Morgan fingerprint density at radius 3 is 2.80 bits per heavy atom. The van der Waals surface area contributed by atoms with Crippen LogP contribution in [0.15, 0.2) is 54.7 Å². The van der Waals surface area contributed by atoms with Crippen molar-refractivity contribution in [2.24, 2.45) is 0 Å². The average Bonchev–Trinajstić information content (AvgIpc) is 2.63. The van der Waals surface area contributed by atoms with Crippen LogP contribution in [-0.4, -0.2) is 22.0 Å². The van der Waals surface area contributed by atoms with E-state index < -0.39 is 0 Å². The van der Waals surface area contributed by atoms with Gasteiger partial charge in [0.25, 0.3) is 0 Å². The summed E-state index contributed by atoms with van der Waals surface area (Å²) in [5.74, 6) is 1.13. The van der Waals surface area contributed by atoms with Crippen LogP contribution >= 0.6 is 0 Å². The third-order valence-corrected chi connectivity index (χ3v) is 3.70. The number of ketones is 1. The molecular weight excluding hydrogens is 314 g/mol. The van der Waals surface area contributed by atoms with Gasteiger partial charge in [0.2, 0.25) is 0 Å². The molecule has 0 spiro atoms. The van der Waals surface area contributed by atoms with Crippen molar-refractivity contribution in [3.8, 4) is 11.4 Å². The number of nitrogens with one attached hydrogen (secondary N) is 2. The molecule has 3 aromatic rings. The Bertz CT molecular complexity index is 952. The van der Waals surface area contributed by atoms with Crippen molar-refractivity contribution in [3.63, 3.8) is 0 Å². The SMILES string of the molecule is CC(=O)c1cccc(-c2nccc(Nc3ccc(N)c(C=N)c3)n2)c1. The number of benzene rings is 2. The van der Waals surface area contributed by atoms with E-state index in [1.54, 1.807) is 36.5 Å². The van der Waals surface area contributed by atoms with Gasteiger partial charge >= 0.3 is 0 Å². The minimum Gasteiger partial charge on any atom is -0.398 e. The molecule has 124 valence electrons. The van der Waals surface area contributed by atoms with E-state index in [-0.39, 0.29) is 5.78 Å². The van der Waals surface area contributed by atoms with Crippen LogP contribution in [0, 0.1) is 5.41 Å². The second kappa shape index (κ2) is 6.92. The van der Waals surface area contributed by atoms with E-state index in [0.717, 1.165) is 11.3 Å². The molecule has 0 saturated heterocycles. The Hall–Kier alpha value is -3.54. The second-order valence-corrected chi connectivity index (χ2v) is 5.52. The number of rotatable bonds is 5. The van der Waals surface area contributed by atoms with Crippen molar-refractivity contribution in [1.82, 2.24) is 9.97 Å². The molecule has 0 atom stereocenters. The van der Waals surface area contributed by atoms with E-state index in [4.69, 9.17) is 11.1 Å². The molecule has 1 aromatic heterocycles. The van der Waals surface area contributed by atoms with Crippen molar-refractivity contribution >= 4 is 29.2 Å². The minimum absolute atomic E-state index is 0.00261. The molecule has 0 fully saturated rings. The van der Waals surface area contributed by atoms with Crippen LogP contribution in [-0.2, 0) is 0 Å². The fourth-order valence-corrected chi connectivity index (χ4v) is 2.37. The molecule has 3 rings (SSSR count). The fourth-order valence-electron chi connectivity index (χ4n) is 2.37. The maximum atomic E-state index is 11.5. The maximum Gasteiger partial charge on any atom is 0.161 e. The number of nitrogen functional groups attached to an aromatic ring is 1. The van der Waals surface area contributed by atoms with Crippen molar-refractivity contribution < 1.29 is 4.79 Å². The summed E-state index contributed by atoms with van der Waals surface area (Å²) in [5, 5.41) is 10.6. The summed E-state index contributed by atoms with van der Waals surface area (Å²) in [7, 11) is 0. The summed E-state index contributed by atoms with van der Waals surface area (Å²) in [6.45, 7) is 1.53. The van der Waals surface area contributed by atoms with Crippen molar-refractivity contribution in [2.45, 2.75) is 6.92 Å². The average molecular weight is 331 g/mol. The molecule has 0 aliphatic carbocycles. The van der Waals surface area contributed by atoms with E-state index in [2.05, 4.69) is 15.3 Å². The Labute approximate surface area is 145 Å². The molecular formula is C19H17N5O. The van der Waals surface area contributed by atoms with E-state index in [0.29, 0.717) is 28.5 Å². The Morgan fingerprint density at radius 1 is 1.20 bits per heavy atom. The van der Waals surface area contributed by atoms with Gasteiger partial charge < -0.3 is 16.5 Å². The number of hydrogen-bond acceptors (Lipinski definition) is 6. The molecule has 6 nitrogen and oxygen atoms in total. The monoisotopic (exact) mass is 331 g/mol. The predicted octanol–water partition coefficient (Wildman–Crippen LogP) is 3.67. The first-order valence-electron chi connectivity index (χ1n) is 7.68. The Kier molecular flexibility index (Phi) is 4.52. The smallest absolute Gasteiger partial charge is 0.161 e. The van der Waals surface area contributed by atoms with Gasteiger partial charge in [-0.1, -0.05) is 18.2 Å². The summed E-state index contributed by atoms with van der Waals surface area (Å²) in [6.07, 6.45) is 2.86. The summed E-state index contributed by atoms with van der Waals surface area (Å²) in [5.41, 5.74) is 9.14. The van der Waals surface area contributed by atoms with E-state index in [1.165, 1.54) is 13.1 Å². The number of carbonyl (C=O) groups is 1. The predicted molar refractivity (Wildman–Crippen MR) is 99.5 cm³/mol. The van der Waals surface area contributed by atoms with Crippen molar-refractivity contribution in [3.05, 3.63) is 65.9 Å². The molecule has 1 heterocycles. The molecule has 0 aliphatic heterocycles. The molecule has 0 saturated carbocycles. The largest absolute Gasteiger partial charge is 0.398 e. The quantitative estimate of drug-likeness (QED) is 0.376. The number of carbonyl (C=O) groups excluding carboxylic acids is 1. The lowest BCUT2D eigenvalue weighted by molar-refractivity contribution is 0.101. The summed E-state index contributed by atoms with van der Waals surface area (Å²) in [6, 6.07) is 14.3. The van der Waals surface area contributed by atoms with Crippen LogP contribution in [0.2, 0.25) is 0 Å². The Morgan fingerprint density at radius 2 is 2.04 bits per heavy atom. The molecule has 6 heteroatoms. The highest BCUT2D eigenvalue weighted by atomic mass is 16.1. The van der Waals surface area contributed by atoms with Gasteiger partial charge in [0, 0.05) is 40.5 Å². The standard InChI is InChI=1S/C19H17N5O/c1-12(25)13-3-2-4-14(9-13)19-22-8-7-18(24-19)23-16-5-6-17(21)15(10-16)11-20/h2-11,20H,21H2,1H3,(H,22,23,24). The lowest BCUT2D eigenvalue weighted by Crippen LogP contribution is -1.99. The zero-order chi connectivity index (χ0) is 17.8. The lowest BCUT2D eigenvalue weighted by atomic mass is 10.1. The summed E-state index contributed by atoms with van der Waals surface area (Å²) < 4.78 is 0. The number of nitrogens with zero attached hydrogens (tertiary/aromatic N) is 2. The first-order valence-corrected chi connectivity index (χ1v) is 7.68. The number of Topliss-reactive ketones (excluding diaryl/α,β-unsaturated/α-hetero) is 1. The van der Waals surface area contributed by atoms with Gasteiger partial charge in [0.1, 0.15) is 5.82 Å². The van der Waals surface area contributed by atoms with Gasteiger partial charge in [-0.3, -0.25) is 4.79 Å². The van der Waals surface area contributed by atoms with Gasteiger partial charge in [-0.15, -0.1) is 0 Å². The summed E-state index contributed by atoms with van der Waals surface area (Å²) in [4.78, 5) is 20.3. The molecule has 0 aliphatic rings. The highest BCUT2D eigenvalue weighted by Crippen LogP contribution is 2.22. The van der Waals surface area contributed by atoms with Crippen LogP contribution in [0.1, 0.15) is 22.8 Å². The van der Waals surface area contributed by atoms with Gasteiger partial charge in [0.15, 0.2) is 11.6 Å². The highest BCUT2D eigenvalue weighted by molar-refractivity contribution is 5.95. The van der Waals surface area contributed by atoms with Crippen LogP contribution < -0.4 is 11.1 Å². The van der Waals surface area contributed by atoms with E-state index in [1.807, 2.05) is 18.2 Å². The molecule has 0 amide bonds. The third kappa shape index (κ3) is 3.69. The van der Waals surface area contributed by atoms with E-state index >= 15 is 0 Å². The minimum atomic E-state index is -0.00261. The van der Waals surface area contributed by atoms with Crippen LogP contribution in [0.25, 0.3) is 11.4 Å². The number of anilines is 3. The van der Waals surface area contributed by atoms with Crippen LogP contribution in [0.5, 0.6) is 0 Å². The molecule has 0 radical (unpaired) electrons. The van der Waals surface area contributed by atoms with Crippen LogP contribution in [0.3, 0.4) is 0 Å². The Balaban J connectivity index is 1.90. The first kappa shape index (κ1) is 16.3. The normalized spacial score (nSPS) is 10.3.